The summed E-state index contributed by atoms with van der Waals surface area (Å²) in [6, 6.07) is 3.89. The lowest BCUT2D eigenvalue weighted by atomic mass is 9.55. The highest BCUT2D eigenvalue weighted by Gasteiger charge is 2.56. The largest absolute Gasteiger partial charge is 0.462 e. The van der Waals surface area contributed by atoms with Gasteiger partial charge in [-0.2, -0.15) is 0 Å². The van der Waals surface area contributed by atoms with Gasteiger partial charge in [0, 0.05) is 19.3 Å². The van der Waals surface area contributed by atoms with Crippen molar-refractivity contribution in [2.75, 3.05) is 0 Å². The molecule has 2 saturated carbocycles. The van der Waals surface area contributed by atoms with Crippen molar-refractivity contribution in [1.82, 2.24) is 0 Å². The lowest BCUT2D eigenvalue weighted by Gasteiger charge is -2.50. The van der Waals surface area contributed by atoms with Crippen LogP contribution in [0.2, 0.25) is 0 Å². The molecule has 2 fully saturated rings. The fraction of sp³-hybridized carbons (Fsp3) is 0.625. The predicted molar refractivity (Wildman–Crippen MR) is 108 cm³/mol. The van der Waals surface area contributed by atoms with E-state index in [9.17, 15) is 14.4 Å². The van der Waals surface area contributed by atoms with Gasteiger partial charge in [-0.25, -0.2) is 0 Å². The van der Waals surface area contributed by atoms with Crippen LogP contribution in [0, 0.1) is 17.3 Å². The third-order valence-electron chi connectivity index (χ3n) is 7.68. The maximum Gasteiger partial charge on any atom is 0.308 e. The summed E-state index contributed by atoms with van der Waals surface area (Å²) in [4.78, 5) is 35.3. The van der Waals surface area contributed by atoms with Crippen molar-refractivity contribution in [2.45, 2.75) is 78.2 Å². The van der Waals surface area contributed by atoms with Crippen LogP contribution >= 0.6 is 0 Å². The van der Waals surface area contributed by atoms with E-state index in [1.165, 1.54) is 31.9 Å². The summed E-state index contributed by atoms with van der Waals surface area (Å²) in [6.45, 7) is 6.69. The quantitative estimate of drug-likeness (QED) is 0.423. The van der Waals surface area contributed by atoms with Crippen LogP contribution in [0.1, 0.15) is 87.2 Å². The lowest BCUT2D eigenvalue weighted by molar-refractivity contribution is -0.154. The first kappa shape index (κ1) is 20.1. The molecule has 156 valence electrons. The molecule has 3 aliphatic rings. The van der Waals surface area contributed by atoms with E-state index in [1.807, 2.05) is 12.1 Å². The van der Waals surface area contributed by atoms with Gasteiger partial charge in [-0.3, -0.25) is 14.4 Å². The van der Waals surface area contributed by atoms with Crippen LogP contribution < -0.4 is 4.74 Å². The second kappa shape index (κ2) is 7.26. The van der Waals surface area contributed by atoms with E-state index in [0.29, 0.717) is 29.1 Å². The first-order chi connectivity index (χ1) is 13.7. The molecule has 5 atom stereocenters. The molecule has 0 bridgehead atoms. The SMILES string of the molecule is CC(=O)Oc1cc2c(cc1C(C)=O)[C@@H]1CC[C@]3(C)[C@H](OC(C)=O)CC[C@H]3[C@H]1CC2. The van der Waals surface area contributed by atoms with Gasteiger partial charge in [0.05, 0.1) is 5.56 Å². The first-order valence-corrected chi connectivity index (χ1v) is 10.7. The van der Waals surface area contributed by atoms with Crippen molar-refractivity contribution in [2.24, 2.45) is 17.3 Å². The van der Waals surface area contributed by atoms with Gasteiger partial charge in [-0.1, -0.05) is 6.92 Å². The Kier molecular flexibility index (Phi) is 5.04. The summed E-state index contributed by atoms with van der Waals surface area (Å²) in [5.74, 6) is 1.21. The first-order valence-electron chi connectivity index (χ1n) is 10.7. The molecule has 4 rings (SSSR count). The fourth-order valence-electron chi connectivity index (χ4n) is 6.46. The highest BCUT2D eigenvalue weighted by Crippen LogP contribution is 2.61. The summed E-state index contributed by atoms with van der Waals surface area (Å²) < 4.78 is 11.0. The Hall–Kier alpha value is -2.17. The number of ketones is 1. The van der Waals surface area contributed by atoms with Gasteiger partial charge in [0.25, 0.3) is 0 Å². The van der Waals surface area contributed by atoms with Gasteiger partial charge >= 0.3 is 11.9 Å². The second-order valence-electron chi connectivity index (χ2n) is 9.33. The summed E-state index contributed by atoms with van der Waals surface area (Å²) >= 11 is 0. The number of aryl methyl sites for hydroxylation is 1. The number of carbonyl (C=O) groups excluding carboxylic acids is 3. The number of benzene rings is 1. The number of rotatable bonds is 3. The maximum atomic E-state index is 12.2. The molecule has 29 heavy (non-hydrogen) atoms. The van der Waals surface area contributed by atoms with E-state index in [-0.39, 0.29) is 23.3 Å². The van der Waals surface area contributed by atoms with Crippen LogP contribution in [-0.4, -0.2) is 23.8 Å². The average molecular weight is 398 g/mol. The summed E-state index contributed by atoms with van der Waals surface area (Å²) in [6.07, 6.45) is 6.13. The molecular weight excluding hydrogens is 368 g/mol. The van der Waals surface area contributed by atoms with Gasteiger partial charge in [0.2, 0.25) is 0 Å². The van der Waals surface area contributed by atoms with E-state index in [1.54, 1.807) is 0 Å². The summed E-state index contributed by atoms with van der Waals surface area (Å²) in [7, 11) is 0. The molecule has 0 amide bonds. The number of hydrogen-bond donors (Lipinski definition) is 0. The Labute approximate surface area is 172 Å². The van der Waals surface area contributed by atoms with Gasteiger partial charge in [0.1, 0.15) is 11.9 Å². The minimum atomic E-state index is -0.406. The van der Waals surface area contributed by atoms with Crippen molar-refractivity contribution in [3.8, 4) is 5.75 Å². The molecule has 0 radical (unpaired) electrons. The summed E-state index contributed by atoms with van der Waals surface area (Å²) in [5.41, 5.74) is 2.99. The van der Waals surface area contributed by atoms with Gasteiger partial charge in [-0.15, -0.1) is 0 Å². The third kappa shape index (κ3) is 3.38. The van der Waals surface area contributed by atoms with Crippen LogP contribution in [0.3, 0.4) is 0 Å². The molecule has 0 heterocycles. The number of ether oxygens (including phenoxy) is 2. The highest BCUT2D eigenvalue weighted by molar-refractivity contribution is 5.98. The Morgan fingerprint density at radius 3 is 2.41 bits per heavy atom. The van der Waals surface area contributed by atoms with Gasteiger partial charge in [-0.05, 0) is 86.5 Å². The standard InChI is InChI=1S/C24H30O5/c1-13(25)19-12-20-16(11-22(19)28-14(2)26)5-6-18-17(20)9-10-24(4)21(18)7-8-23(24)29-15(3)27/h11-12,17-18,21,23H,5-10H2,1-4H3/t17-,18+,21+,23-,24+/m1/s1. The molecule has 1 aromatic rings. The monoisotopic (exact) mass is 398 g/mol. The molecule has 1 aromatic carbocycles. The summed E-state index contributed by atoms with van der Waals surface area (Å²) in [5, 5.41) is 0. The predicted octanol–water partition coefficient (Wildman–Crippen LogP) is 4.60. The molecule has 0 spiro atoms. The zero-order valence-electron chi connectivity index (χ0n) is 17.7. The Balaban J connectivity index is 1.67. The van der Waals surface area contributed by atoms with Gasteiger partial charge < -0.3 is 9.47 Å². The molecule has 0 saturated heterocycles. The normalized spacial score (nSPS) is 32.6. The Bertz CT molecular complexity index is 872. The van der Waals surface area contributed by atoms with E-state index in [2.05, 4.69) is 6.92 Å². The Morgan fingerprint density at radius 2 is 1.76 bits per heavy atom. The topological polar surface area (TPSA) is 69.7 Å². The number of carbonyl (C=O) groups is 3. The van der Waals surface area contributed by atoms with E-state index >= 15 is 0 Å². The van der Waals surface area contributed by atoms with Crippen LogP contribution in [0.25, 0.3) is 0 Å². The highest BCUT2D eigenvalue weighted by atomic mass is 16.5. The maximum absolute atomic E-state index is 12.2. The van der Waals surface area contributed by atoms with Crippen molar-refractivity contribution in [1.29, 1.82) is 0 Å². The van der Waals surface area contributed by atoms with E-state index < -0.39 is 5.97 Å². The average Bonchev–Trinajstić information content (AvgIpc) is 2.96. The molecule has 0 aliphatic heterocycles. The minimum absolute atomic E-state index is 0.0199. The van der Waals surface area contributed by atoms with E-state index in [0.717, 1.165) is 38.5 Å². The van der Waals surface area contributed by atoms with Crippen LogP contribution in [0.4, 0.5) is 0 Å². The molecule has 5 heteroatoms. The van der Waals surface area contributed by atoms with Crippen molar-refractivity contribution in [3.05, 3.63) is 28.8 Å². The number of esters is 2. The van der Waals surface area contributed by atoms with Crippen LogP contribution in [-0.2, 0) is 20.7 Å². The second-order valence-corrected chi connectivity index (χ2v) is 9.33. The Morgan fingerprint density at radius 1 is 1.00 bits per heavy atom. The lowest BCUT2D eigenvalue weighted by Crippen LogP contribution is -2.45. The van der Waals surface area contributed by atoms with Crippen LogP contribution in [0.15, 0.2) is 12.1 Å². The molecule has 3 aliphatic carbocycles. The smallest absolute Gasteiger partial charge is 0.308 e. The fourth-order valence-corrected chi connectivity index (χ4v) is 6.46. The van der Waals surface area contributed by atoms with Gasteiger partial charge in [0.15, 0.2) is 5.78 Å². The zero-order chi connectivity index (χ0) is 20.9. The molecular formula is C24H30O5. The zero-order valence-corrected chi connectivity index (χ0v) is 17.7. The number of hydrogen-bond acceptors (Lipinski definition) is 5. The third-order valence-corrected chi connectivity index (χ3v) is 7.68. The molecule has 0 unspecified atom stereocenters. The molecule has 0 N–H and O–H groups in total. The van der Waals surface area contributed by atoms with Crippen molar-refractivity contribution in [3.63, 3.8) is 0 Å². The van der Waals surface area contributed by atoms with Crippen molar-refractivity contribution >= 4 is 17.7 Å². The number of Topliss-reactive ketones (excluding diaryl/α,β-unsaturated/α-hetero) is 1. The number of fused-ring (bicyclic) bond motifs is 5. The molecule has 0 aromatic heterocycles. The molecule has 5 nitrogen and oxygen atoms in total. The van der Waals surface area contributed by atoms with E-state index in [4.69, 9.17) is 9.47 Å². The minimum Gasteiger partial charge on any atom is -0.462 e. The van der Waals surface area contributed by atoms with Crippen LogP contribution in [0.5, 0.6) is 5.75 Å². The van der Waals surface area contributed by atoms with Crippen molar-refractivity contribution < 1.29 is 23.9 Å².